The van der Waals surface area contributed by atoms with Crippen molar-refractivity contribution in [2.24, 2.45) is 0 Å². The van der Waals surface area contributed by atoms with Crippen molar-refractivity contribution in [2.45, 2.75) is 26.8 Å². The normalized spacial score (nSPS) is 10.6. The Morgan fingerprint density at radius 3 is 2.56 bits per heavy atom. The van der Waals surface area contributed by atoms with Crippen LogP contribution in [0.4, 0.5) is 5.69 Å². The quantitative estimate of drug-likeness (QED) is 0.752. The van der Waals surface area contributed by atoms with Gasteiger partial charge in [-0.25, -0.2) is 0 Å². The first-order valence-corrected chi connectivity index (χ1v) is 5.62. The molecular formula is C13H21NO2. The Bertz CT molecular complexity index is 324. The lowest BCUT2D eigenvalue weighted by atomic mass is 10.2. The van der Waals surface area contributed by atoms with Crippen LogP contribution in [0.25, 0.3) is 0 Å². The molecule has 0 aliphatic heterocycles. The predicted octanol–water partition coefficient (Wildman–Crippen LogP) is 2.84. The summed E-state index contributed by atoms with van der Waals surface area (Å²) in [6.07, 6.45) is 0. The maximum Gasteiger partial charge on any atom is 0.119 e. The van der Waals surface area contributed by atoms with Crippen LogP contribution in [-0.2, 0) is 4.74 Å². The average Bonchev–Trinajstić information content (AvgIpc) is 2.22. The Labute approximate surface area is 97.8 Å². The Morgan fingerprint density at radius 2 is 2.00 bits per heavy atom. The zero-order chi connectivity index (χ0) is 12.0. The van der Waals surface area contributed by atoms with Gasteiger partial charge in [0.1, 0.15) is 12.4 Å². The van der Waals surface area contributed by atoms with Gasteiger partial charge in [0.25, 0.3) is 0 Å². The van der Waals surface area contributed by atoms with Gasteiger partial charge in [-0.05, 0) is 44.5 Å². The zero-order valence-corrected chi connectivity index (χ0v) is 10.5. The molecule has 1 N–H and O–H groups in total. The Morgan fingerprint density at radius 1 is 1.25 bits per heavy atom. The van der Waals surface area contributed by atoms with E-state index in [9.17, 15) is 0 Å². The molecule has 0 amide bonds. The van der Waals surface area contributed by atoms with E-state index in [1.165, 1.54) is 5.56 Å². The number of hydrogen-bond acceptors (Lipinski definition) is 3. The van der Waals surface area contributed by atoms with Crippen LogP contribution in [0, 0.1) is 6.92 Å². The summed E-state index contributed by atoms with van der Waals surface area (Å²) >= 11 is 0. The Hall–Kier alpha value is -1.22. The van der Waals surface area contributed by atoms with Crippen LogP contribution in [0.15, 0.2) is 18.2 Å². The van der Waals surface area contributed by atoms with Crippen LogP contribution in [0.3, 0.4) is 0 Å². The summed E-state index contributed by atoms with van der Waals surface area (Å²) in [5, 5.41) is 3.39. The molecule has 3 nitrogen and oxygen atoms in total. The first-order chi connectivity index (χ1) is 7.63. The number of anilines is 1. The molecule has 0 saturated carbocycles. The van der Waals surface area contributed by atoms with E-state index in [2.05, 4.69) is 32.2 Å². The van der Waals surface area contributed by atoms with Gasteiger partial charge in [-0.3, -0.25) is 0 Å². The molecule has 0 aliphatic rings. The largest absolute Gasteiger partial charge is 0.491 e. The fourth-order valence-electron chi connectivity index (χ4n) is 1.44. The lowest BCUT2D eigenvalue weighted by Crippen LogP contribution is -2.11. The van der Waals surface area contributed by atoms with Gasteiger partial charge in [-0.15, -0.1) is 0 Å². The van der Waals surface area contributed by atoms with E-state index in [1.54, 1.807) is 7.11 Å². The van der Waals surface area contributed by atoms with E-state index < -0.39 is 0 Å². The van der Waals surface area contributed by atoms with E-state index >= 15 is 0 Å². The van der Waals surface area contributed by atoms with Crippen LogP contribution in [0.1, 0.15) is 19.4 Å². The Balaban J connectivity index is 2.60. The number of rotatable bonds is 6. The number of nitrogens with one attached hydrogen (secondary N) is 1. The van der Waals surface area contributed by atoms with Crippen LogP contribution in [0.5, 0.6) is 5.75 Å². The molecule has 0 heterocycles. The molecule has 3 heteroatoms. The first-order valence-electron chi connectivity index (χ1n) is 5.62. The van der Waals surface area contributed by atoms with Crippen molar-refractivity contribution in [3.63, 3.8) is 0 Å². The van der Waals surface area contributed by atoms with Crippen LogP contribution >= 0.6 is 0 Å². The fraction of sp³-hybridized carbons (Fsp3) is 0.538. The van der Waals surface area contributed by atoms with Gasteiger partial charge >= 0.3 is 0 Å². The van der Waals surface area contributed by atoms with Gasteiger partial charge < -0.3 is 14.8 Å². The molecule has 0 radical (unpaired) electrons. The third kappa shape index (κ3) is 4.11. The molecule has 1 rings (SSSR count). The van der Waals surface area contributed by atoms with Gasteiger partial charge in [0.15, 0.2) is 0 Å². The van der Waals surface area contributed by atoms with Crippen molar-refractivity contribution < 1.29 is 9.47 Å². The number of benzene rings is 1. The standard InChI is InChI=1S/C13H21NO2/c1-10(2)14-13-6-5-12(9-11(13)3)16-8-7-15-4/h5-6,9-10,14H,7-8H2,1-4H3. The summed E-state index contributed by atoms with van der Waals surface area (Å²) in [5.41, 5.74) is 2.36. The second-order valence-electron chi connectivity index (χ2n) is 4.12. The molecule has 0 fully saturated rings. The van der Waals surface area contributed by atoms with Crippen LogP contribution < -0.4 is 10.1 Å². The highest BCUT2D eigenvalue weighted by atomic mass is 16.5. The fourth-order valence-corrected chi connectivity index (χ4v) is 1.44. The maximum absolute atomic E-state index is 5.53. The molecule has 0 aromatic heterocycles. The molecule has 0 saturated heterocycles. The van der Waals surface area contributed by atoms with Gasteiger partial charge in [0.05, 0.1) is 6.61 Å². The molecule has 0 spiro atoms. The van der Waals surface area contributed by atoms with Crippen molar-refractivity contribution in [2.75, 3.05) is 25.6 Å². The highest BCUT2D eigenvalue weighted by Gasteiger charge is 2.01. The summed E-state index contributed by atoms with van der Waals surface area (Å²) in [5.74, 6) is 0.892. The van der Waals surface area contributed by atoms with Crippen LogP contribution in [0.2, 0.25) is 0 Å². The van der Waals surface area contributed by atoms with Crippen molar-refractivity contribution in [3.05, 3.63) is 23.8 Å². The molecule has 0 bridgehead atoms. The second kappa shape index (κ2) is 6.38. The number of hydrogen-bond donors (Lipinski definition) is 1. The molecule has 0 atom stereocenters. The van der Waals surface area contributed by atoms with Crippen molar-refractivity contribution in [1.82, 2.24) is 0 Å². The predicted molar refractivity (Wildman–Crippen MR) is 67.3 cm³/mol. The van der Waals surface area contributed by atoms with E-state index in [1.807, 2.05) is 12.1 Å². The van der Waals surface area contributed by atoms with E-state index in [0.29, 0.717) is 19.3 Å². The summed E-state index contributed by atoms with van der Waals surface area (Å²) in [6.45, 7) is 7.54. The monoisotopic (exact) mass is 223 g/mol. The minimum Gasteiger partial charge on any atom is -0.491 e. The number of methoxy groups -OCH3 is 1. The summed E-state index contributed by atoms with van der Waals surface area (Å²) in [4.78, 5) is 0. The van der Waals surface area contributed by atoms with Gasteiger partial charge in [0, 0.05) is 18.8 Å². The minimum absolute atomic E-state index is 0.443. The van der Waals surface area contributed by atoms with Gasteiger partial charge in [-0.1, -0.05) is 0 Å². The minimum atomic E-state index is 0.443. The SMILES string of the molecule is COCCOc1ccc(NC(C)C)c(C)c1. The van der Waals surface area contributed by atoms with Gasteiger partial charge in [-0.2, -0.15) is 0 Å². The molecule has 1 aromatic carbocycles. The average molecular weight is 223 g/mol. The lowest BCUT2D eigenvalue weighted by molar-refractivity contribution is 0.146. The lowest BCUT2D eigenvalue weighted by Gasteiger charge is -2.14. The highest BCUT2D eigenvalue weighted by Crippen LogP contribution is 2.21. The van der Waals surface area contributed by atoms with Crippen molar-refractivity contribution in [1.29, 1.82) is 0 Å². The first kappa shape index (κ1) is 12.8. The highest BCUT2D eigenvalue weighted by molar-refractivity contribution is 5.53. The molecule has 0 unspecified atom stereocenters. The smallest absolute Gasteiger partial charge is 0.119 e. The molecule has 0 aliphatic carbocycles. The molecule has 1 aromatic rings. The second-order valence-corrected chi connectivity index (χ2v) is 4.12. The maximum atomic E-state index is 5.53. The summed E-state index contributed by atoms with van der Waals surface area (Å²) < 4.78 is 10.5. The third-order valence-corrected chi connectivity index (χ3v) is 2.20. The zero-order valence-electron chi connectivity index (χ0n) is 10.5. The molecular weight excluding hydrogens is 202 g/mol. The number of aryl methyl sites for hydroxylation is 1. The van der Waals surface area contributed by atoms with E-state index in [0.717, 1.165) is 11.4 Å². The summed E-state index contributed by atoms with van der Waals surface area (Å²) in [6, 6.07) is 6.52. The third-order valence-electron chi connectivity index (χ3n) is 2.20. The van der Waals surface area contributed by atoms with Crippen molar-refractivity contribution in [3.8, 4) is 5.75 Å². The molecule has 16 heavy (non-hydrogen) atoms. The number of ether oxygens (including phenoxy) is 2. The van der Waals surface area contributed by atoms with Gasteiger partial charge in [0.2, 0.25) is 0 Å². The summed E-state index contributed by atoms with van der Waals surface area (Å²) in [7, 11) is 1.67. The topological polar surface area (TPSA) is 30.5 Å². The van der Waals surface area contributed by atoms with E-state index in [4.69, 9.17) is 9.47 Å². The van der Waals surface area contributed by atoms with E-state index in [-0.39, 0.29) is 0 Å². The van der Waals surface area contributed by atoms with Crippen molar-refractivity contribution >= 4 is 5.69 Å². The van der Waals surface area contributed by atoms with Crippen LogP contribution in [-0.4, -0.2) is 26.4 Å². The molecule has 90 valence electrons. The Kier molecular flexibility index (Phi) is 5.12.